The largest absolute Gasteiger partial charge is 0.480 e. The van der Waals surface area contributed by atoms with Crippen LogP contribution in [0.3, 0.4) is 0 Å². The van der Waals surface area contributed by atoms with Crippen LogP contribution in [0.2, 0.25) is 18.1 Å². The van der Waals surface area contributed by atoms with E-state index in [9.17, 15) is 14.7 Å². The molecule has 0 unspecified atom stereocenters. The maximum atomic E-state index is 11.8. The molecule has 0 aliphatic rings. The van der Waals surface area contributed by atoms with Crippen molar-refractivity contribution in [2.75, 3.05) is 6.61 Å². The van der Waals surface area contributed by atoms with E-state index in [1.807, 2.05) is 30.3 Å². The van der Waals surface area contributed by atoms with Crippen LogP contribution in [0.25, 0.3) is 0 Å². The molecule has 140 valence electrons. The smallest absolute Gasteiger partial charge is 0.408 e. The Balaban J connectivity index is 2.46. The highest BCUT2D eigenvalue weighted by atomic mass is 28.4. The number of hydrogen-bond acceptors (Lipinski definition) is 4. The number of ether oxygens (including phenoxy) is 1. The second-order valence-corrected chi connectivity index (χ2v) is 12.3. The first-order valence-electron chi connectivity index (χ1n) is 8.37. The molecule has 1 aromatic carbocycles. The third-order valence-corrected chi connectivity index (χ3v) is 9.02. The first-order chi connectivity index (χ1) is 11.5. The van der Waals surface area contributed by atoms with Crippen LogP contribution >= 0.6 is 0 Å². The monoisotopic (exact) mass is 367 g/mol. The highest BCUT2D eigenvalue weighted by Gasteiger charge is 2.37. The quantitative estimate of drug-likeness (QED) is 0.683. The Hall–Kier alpha value is -1.86. The van der Waals surface area contributed by atoms with Gasteiger partial charge in [0.2, 0.25) is 0 Å². The van der Waals surface area contributed by atoms with Gasteiger partial charge in [0.25, 0.3) is 0 Å². The Morgan fingerprint density at radius 2 is 1.80 bits per heavy atom. The van der Waals surface area contributed by atoms with Gasteiger partial charge in [0, 0.05) is 13.0 Å². The number of aliphatic carboxylic acids is 1. The molecule has 0 aromatic heterocycles. The predicted molar refractivity (Wildman–Crippen MR) is 99.0 cm³/mol. The lowest BCUT2D eigenvalue weighted by Gasteiger charge is -2.36. The van der Waals surface area contributed by atoms with E-state index >= 15 is 0 Å². The summed E-state index contributed by atoms with van der Waals surface area (Å²) in [4.78, 5) is 23.2. The van der Waals surface area contributed by atoms with Gasteiger partial charge in [-0.1, -0.05) is 51.1 Å². The molecular formula is C18H29NO5Si. The van der Waals surface area contributed by atoms with Crippen molar-refractivity contribution in [3.05, 3.63) is 35.9 Å². The molecule has 0 saturated carbocycles. The molecule has 1 aromatic rings. The van der Waals surface area contributed by atoms with Crippen molar-refractivity contribution < 1.29 is 23.9 Å². The van der Waals surface area contributed by atoms with Crippen molar-refractivity contribution in [2.24, 2.45) is 0 Å². The number of carboxylic acid groups (broad SMARTS) is 1. The summed E-state index contributed by atoms with van der Waals surface area (Å²) < 4.78 is 11.0. The average Bonchev–Trinajstić information content (AvgIpc) is 2.51. The van der Waals surface area contributed by atoms with E-state index in [1.54, 1.807) is 0 Å². The van der Waals surface area contributed by atoms with Gasteiger partial charge >= 0.3 is 12.1 Å². The van der Waals surface area contributed by atoms with Crippen molar-refractivity contribution in [2.45, 2.75) is 58.0 Å². The second-order valence-electron chi connectivity index (χ2n) is 7.49. The molecule has 7 heteroatoms. The number of benzene rings is 1. The van der Waals surface area contributed by atoms with Gasteiger partial charge in [-0.3, -0.25) is 0 Å². The minimum atomic E-state index is -1.94. The molecule has 0 saturated heterocycles. The Morgan fingerprint density at radius 1 is 1.20 bits per heavy atom. The van der Waals surface area contributed by atoms with Crippen molar-refractivity contribution in [1.82, 2.24) is 5.32 Å². The lowest BCUT2D eigenvalue weighted by molar-refractivity contribution is -0.139. The van der Waals surface area contributed by atoms with Gasteiger partial charge in [-0.2, -0.15) is 0 Å². The Morgan fingerprint density at radius 3 is 2.32 bits per heavy atom. The maximum absolute atomic E-state index is 11.8. The lowest BCUT2D eigenvalue weighted by atomic mass is 10.2. The molecule has 0 bridgehead atoms. The molecule has 0 heterocycles. The van der Waals surface area contributed by atoms with E-state index in [0.29, 0.717) is 0 Å². The third kappa shape index (κ3) is 7.27. The Bertz CT molecular complexity index is 569. The van der Waals surface area contributed by atoms with Gasteiger partial charge in [0.1, 0.15) is 12.6 Å². The van der Waals surface area contributed by atoms with E-state index in [2.05, 4.69) is 39.2 Å². The molecule has 0 aliphatic carbocycles. The molecule has 0 spiro atoms. The van der Waals surface area contributed by atoms with Crippen LogP contribution in [0.4, 0.5) is 4.79 Å². The van der Waals surface area contributed by atoms with Crippen molar-refractivity contribution >= 4 is 20.4 Å². The third-order valence-electron chi connectivity index (χ3n) is 4.48. The van der Waals surface area contributed by atoms with Gasteiger partial charge in [-0.25, -0.2) is 9.59 Å². The van der Waals surface area contributed by atoms with Crippen LogP contribution in [0, 0.1) is 0 Å². The fraction of sp³-hybridized carbons (Fsp3) is 0.556. The zero-order chi connectivity index (χ0) is 19.1. The van der Waals surface area contributed by atoms with E-state index in [0.717, 1.165) is 5.56 Å². The van der Waals surface area contributed by atoms with E-state index in [4.69, 9.17) is 9.16 Å². The number of rotatable bonds is 8. The molecule has 2 N–H and O–H groups in total. The maximum Gasteiger partial charge on any atom is 0.408 e. The number of amides is 1. The molecule has 1 rings (SSSR count). The SMILES string of the molecule is CC(C)(C)[Si](C)(C)OCC[C@H](NC(=O)OCc1ccccc1)C(=O)O. The molecule has 6 nitrogen and oxygen atoms in total. The standard InChI is InChI=1S/C18H29NO5Si/c1-18(2,3)25(4,5)24-12-11-15(16(20)21)19-17(22)23-13-14-9-7-6-8-10-14/h6-10,15H,11-13H2,1-5H3,(H,19,22)(H,20,21)/t15-/m0/s1. The summed E-state index contributed by atoms with van der Waals surface area (Å²) >= 11 is 0. The van der Waals surface area contributed by atoms with Gasteiger partial charge in [0.05, 0.1) is 0 Å². The summed E-state index contributed by atoms with van der Waals surface area (Å²) in [5.41, 5.74) is 0.839. The Kier molecular flexibility index (Phi) is 7.63. The number of carbonyl (C=O) groups excluding carboxylic acids is 1. The topological polar surface area (TPSA) is 84.9 Å². The van der Waals surface area contributed by atoms with E-state index in [1.165, 1.54) is 0 Å². The van der Waals surface area contributed by atoms with Gasteiger partial charge in [-0.15, -0.1) is 0 Å². The molecule has 0 fully saturated rings. The van der Waals surface area contributed by atoms with Gasteiger partial charge in [0.15, 0.2) is 8.32 Å². The Labute approximate surface area is 150 Å². The van der Waals surface area contributed by atoms with Crippen molar-refractivity contribution in [1.29, 1.82) is 0 Å². The van der Waals surface area contributed by atoms with Crippen LogP contribution < -0.4 is 5.32 Å². The van der Waals surface area contributed by atoms with Gasteiger partial charge in [-0.05, 0) is 23.7 Å². The number of carbonyl (C=O) groups is 2. The van der Waals surface area contributed by atoms with Crippen molar-refractivity contribution in [3.8, 4) is 0 Å². The second kappa shape index (κ2) is 9.01. The minimum absolute atomic E-state index is 0.0494. The normalized spacial score (nSPS) is 13.2. The molecule has 0 aliphatic heterocycles. The predicted octanol–water partition coefficient (Wildman–Crippen LogP) is 3.78. The van der Waals surface area contributed by atoms with Crippen LogP contribution in [-0.4, -0.2) is 38.1 Å². The highest BCUT2D eigenvalue weighted by Crippen LogP contribution is 2.36. The summed E-state index contributed by atoms with van der Waals surface area (Å²) in [6.45, 7) is 10.9. The fourth-order valence-corrected chi connectivity index (χ4v) is 2.87. The van der Waals surface area contributed by atoms with Crippen molar-refractivity contribution in [3.63, 3.8) is 0 Å². The van der Waals surface area contributed by atoms with E-state index in [-0.39, 0.29) is 24.7 Å². The zero-order valence-electron chi connectivity index (χ0n) is 15.7. The van der Waals surface area contributed by atoms with Gasteiger partial charge < -0.3 is 19.6 Å². The summed E-state index contributed by atoms with van der Waals surface area (Å²) in [7, 11) is -1.94. The number of hydrogen-bond donors (Lipinski definition) is 2. The van der Waals surface area contributed by atoms with Crippen LogP contribution in [0.1, 0.15) is 32.8 Å². The first-order valence-corrected chi connectivity index (χ1v) is 11.3. The summed E-state index contributed by atoms with van der Waals surface area (Å²) in [6, 6.07) is 8.17. The van der Waals surface area contributed by atoms with Crippen LogP contribution in [0.5, 0.6) is 0 Å². The summed E-state index contributed by atoms with van der Waals surface area (Å²) in [5.74, 6) is -1.10. The highest BCUT2D eigenvalue weighted by molar-refractivity contribution is 6.74. The minimum Gasteiger partial charge on any atom is -0.480 e. The van der Waals surface area contributed by atoms with Crippen LogP contribution in [0.15, 0.2) is 30.3 Å². The molecular weight excluding hydrogens is 338 g/mol. The van der Waals surface area contributed by atoms with E-state index < -0.39 is 26.4 Å². The average molecular weight is 368 g/mol. The number of alkyl carbamates (subject to hydrolysis) is 1. The lowest BCUT2D eigenvalue weighted by Crippen LogP contribution is -2.44. The number of carboxylic acids is 1. The first kappa shape index (κ1) is 21.2. The molecule has 1 amide bonds. The number of nitrogens with one attached hydrogen (secondary N) is 1. The van der Waals surface area contributed by atoms with Crippen LogP contribution in [-0.2, 0) is 20.6 Å². The summed E-state index contributed by atoms with van der Waals surface area (Å²) in [6.07, 6.45) is -0.550. The summed E-state index contributed by atoms with van der Waals surface area (Å²) in [5, 5.41) is 11.7. The molecule has 1 atom stereocenters. The fourth-order valence-electron chi connectivity index (χ4n) is 1.81. The molecule has 25 heavy (non-hydrogen) atoms. The zero-order valence-corrected chi connectivity index (χ0v) is 16.7. The molecule has 0 radical (unpaired) electrons.